The fourth-order valence-electron chi connectivity index (χ4n) is 5.20. The average Bonchev–Trinajstić information content (AvgIpc) is 2.27. The minimum atomic E-state index is 0.153. The Morgan fingerprint density at radius 2 is 1.53 bits per heavy atom. The summed E-state index contributed by atoms with van der Waals surface area (Å²) in [6.07, 6.45) is 8.82. The Balaban J connectivity index is 1.48. The second-order valence-corrected chi connectivity index (χ2v) is 6.78. The standard InChI is InChI=1S/C14H23NO2/c1-2-17-13(9-16-1)15-14-6-10-3-11(7-14)5-12(4-10)8-14/h10-13,15H,1-9H2. The van der Waals surface area contributed by atoms with Gasteiger partial charge in [0.25, 0.3) is 0 Å². The summed E-state index contributed by atoms with van der Waals surface area (Å²) in [7, 11) is 0. The highest BCUT2D eigenvalue weighted by molar-refractivity contribution is 5.06. The SMILES string of the molecule is C1COC(NC23CC4CC(CC(C4)C2)C3)CO1. The van der Waals surface area contributed by atoms with Gasteiger partial charge in [-0.05, 0) is 56.3 Å². The number of hydrogen-bond acceptors (Lipinski definition) is 3. The molecule has 1 saturated heterocycles. The summed E-state index contributed by atoms with van der Waals surface area (Å²) >= 11 is 0. The molecule has 96 valence electrons. The highest BCUT2D eigenvalue weighted by Gasteiger charge is 2.51. The number of hydrogen-bond donors (Lipinski definition) is 1. The maximum Gasteiger partial charge on any atom is 0.132 e. The number of ether oxygens (including phenoxy) is 2. The molecule has 1 aliphatic heterocycles. The molecule has 17 heavy (non-hydrogen) atoms. The van der Waals surface area contributed by atoms with Gasteiger partial charge in [-0.25, -0.2) is 0 Å². The summed E-state index contributed by atoms with van der Waals surface area (Å²) in [6.45, 7) is 2.25. The van der Waals surface area contributed by atoms with E-state index in [2.05, 4.69) is 5.32 Å². The van der Waals surface area contributed by atoms with Gasteiger partial charge in [0, 0.05) is 5.54 Å². The first kappa shape index (κ1) is 10.8. The van der Waals surface area contributed by atoms with Gasteiger partial charge in [-0.3, -0.25) is 5.32 Å². The molecule has 1 N–H and O–H groups in total. The molecule has 0 aromatic heterocycles. The van der Waals surface area contributed by atoms with Crippen LogP contribution < -0.4 is 5.32 Å². The Labute approximate surface area is 103 Å². The highest BCUT2D eigenvalue weighted by atomic mass is 16.6. The smallest absolute Gasteiger partial charge is 0.132 e. The van der Waals surface area contributed by atoms with E-state index in [0.717, 1.165) is 37.6 Å². The van der Waals surface area contributed by atoms with Crippen LogP contribution in [0.1, 0.15) is 38.5 Å². The van der Waals surface area contributed by atoms with Gasteiger partial charge in [-0.15, -0.1) is 0 Å². The van der Waals surface area contributed by atoms with Crippen molar-refractivity contribution in [2.75, 3.05) is 19.8 Å². The van der Waals surface area contributed by atoms with Gasteiger partial charge in [-0.1, -0.05) is 0 Å². The Morgan fingerprint density at radius 3 is 2.06 bits per heavy atom. The summed E-state index contributed by atoms with van der Waals surface area (Å²) in [6, 6.07) is 0. The van der Waals surface area contributed by atoms with Crippen LogP contribution in [0.2, 0.25) is 0 Å². The number of nitrogens with one attached hydrogen (secondary N) is 1. The van der Waals surface area contributed by atoms with Crippen molar-refractivity contribution in [1.82, 2.24) is 5.32 Å². The van der Waals surface area contributed by atoms with Crippen LogP contribution in [0.5, 0.6) is 0 Å². The van der Waals surface area contributed by atoms with E-state index in [-0.39, 0.29) is 6.23 Å². The minimum absolute atomic E-state index is 0.153. The first-order chi connectivity index (χ1) is 8.31. The molecule has 0 aromatic rings. The lowest BCUT2D eigenvalue weighted by Crippen LogP contribution is -2.62. The maximum atomic E-state index is 5.78. The molecule has 3 heteroatoms. The Kier molecular flexibility index (Phi) is 2.50. The van der Waals surface area contributed by atoms with Crippen molar-refractivity contribution < 1.29 is 9.47 Å². The predicted molar refractivity (Wildman–Crippen MR) is 64.6 cm³/mol. The quantitative estimate of drug-likeness (QED) is 0.796. The van der Waals surface area contributed by atoms with Crippen molar-refractivity contribution in [1.29, 1.82) is 0 Å². The van der Waals surface area contributed by atoms with E-state index in [1.807, 2.05) is 0 Å². The average molecular weight is 237 g/mol. The van der Waals surface area contributed by atoms with Crippen LogP contribution in [0, 0.1) is 17.8 Å². The van der Waals surface area contributed by atoms with E-state index in [1.54, 1.807) is 0 Å². The largest absolute Gasteiger partial charge is 0.375 e. The summed E-state index contributed by atoms with van der Waals surface area (Å²) in [5.74, 6) is 3.00. The molecular formula is C14H23NO2. The molecule has 5 rings (SSSR count). The lowest BCUT2D eigenvalue weighted by Gasteiger charge is -2.58. The van der Waals surface area contributed by atoms with E-state index in [1.165, 1.54) is 38.5 Å². The molecular weight excluding hydrogens is 214 g/mol. The minimum Gasteiger partial charge on any atom is -0.375 e. The predicted octanol–water partition coefficient (Wildman–Crippen LogP) is 1.92. The summed E-state index contributed by atoms with van der Waals surface area (Å²) in [4.78, 5) is 0. The van der Waals surface area contributed by atoms with Gasteiger partial charge >= 0.3 is 0 Å². The zero-order valence-electron chi connectivity index (χ0n) is 10.5. The molecule has 5 aliphatic rings. The van der Waals surface area contributed by atoms with Gasteiger partial charge in [0.1, 0.15) is 6.23 Å². The molecule has 0 spiro atoms. The molecule has 1 unspecified atom stereocenters. The van der Waals surface area contributed by atoms with Gasteiger partial charge in [0.15, 0.2) is 0 Å². The molecule has 4 bridgehead atoms. The first-order valence-corrected chi connectivity index (χ1v) is 7.28. The molecule has 4 aliphatic carbocycles. The third-order valence-corrected chi connectivity index (χ3v) is 5.32. The zero-order valence-corrected chi connectivity index (χ0v) is 10.5. The molecule has 1 heterocycles. The van der Waals surface area contributed by atoms with Crippen LogP contribution in [0.4, 0.5) is 0 Å². The van der Waals surface area contributed by atoms with E-state index in [4.69, 9.17) is 9.47 Å². The monoisotopic (exact) mass is 237 g/mol. The van der Waals surface area contributed by atoms with Crippen LogP contribution in [-0.2, 0) is 9.47 Å². The van der Waals surface area contributed by atoms with Crippen molar-refractivity contribution in [3.05, 3.63) is 0 Å². The lowest BCUT2D eigenvalue weighted by atomic mass is 9.53. The van der Waals surface area contributed by atoms with E-state index in [0.29, 0.717) is 5.54 Å². The van der Waals surface area contributed by atoms with Crippen LogP contribution in [0.3, 0.4) is 0 Å². The summed E-state index contributed by atoms with van der Waals surface area (Å²) in [5.41, 5.74) is 0.403. The maximum absolute atomic E-state index is 5.78. The lowest BCUT2D eigenvalue weighted by molar-refractivity contribution is -0.131. The molecule has 4 saturated carbocycles. The topological polar surface area (TPSA) is 30.5 Å². The first-order valence-electron chi connectivity index (χ1n) is 7.28. The van der Waals surface area contributed by atoms with E-state index < -0.39 is 0 Å². The summed E-state index contributed by atoms with van der Waals surface area (Å²) < 4.78 is 11.3. The van der Waals surface area contributed by atoms with E-state index >= 15 is 0 Å². The fraction of sp³-hybridized carbons (Fsp3) is 1.00. The van der Waals surface area contributed by atoms with Crippen LogP contribution >= 0.6 is 0 Å². The van der Waals surface area contributed by atoms with Crippen molar-refractivity contribution in [2.45, 2.75) is 50.3 Å². The Bertz CT molecular complexity index is 263. The van der Waals surface area contributed by atoms with Gasteiger partial charge in [-0.2, -0.15) is 0 Å². The van der Waals surface area contributed by atoms with Gasteiger partial charge in [0.05, 0.1) is 19.8 Å². The van der Waals surface area contributed by atoms with Crippen LogP contribution in [0.15, 0.2) is 0 Å². The highest BCUT2D eigenvalue weighted by Crippen LogP contribution is 2.55. The van der Waals surface area contributed by atoms with Crippen molar-refractivity contribution in [2.24, 2.45) is 17.8 Å². The van der Waals surface area contributed by atoms with Crippen molar-refractivity contribution in [3.8, 4) is 0 Å². The molecule has 3 nitrogen and oxygen atoms in total. The van der Waals surface area contributed by atoms with Crippen LogP contribution in [0.25, 0.3) is 0 Å². The van der Waals surface area contributed by atoms with Crippen molar-refractivity contribution >= 4 is 0 Å². The van der Waals surface area contributed by atoms with Gasteiger partial charge in [0.2, 0.25) is 0 Å². The molecule has 0 aromatic carbocycles. The number of rotatable bonds is 2. The summed E-state index contributed by atoms with van der Waals surface area (Å²) in [5, 5.41) is 3.82. The third-order valence-electron chi connectivity index (χ3n) is 5.32. The van der Waals surface area contributed by atoms with E-state index in [9.17, 15) is 0 Å². The molecule has 0 radical (unpaired) electrons. The fourth-order valence-corrected chi connectivity index (χ4v) is 5.20. The zero-order chi connectivity index (χ0) is 11.3. The van der Waals surface area contributed by atoms with Crippen LogP contribution in [-0.4, -0.2) is 31.6 Å². The van der Waals surface area contributed by atoms with Gasteiger partial charge < -0.3 is 9.47 Å². The Morgan fingerprint density at radius 1 is 0.882 bits per heavy atom. The van der Waals surface area contributed by atoms with Crippen molar-refractivity contribution in [3.63, 3.8) is 0 Å². The Hall–Kier alpha value is -0.120. The molecule has 5 fully saturated rings. The third kappa shape index (κ3) is 1.92. The second kappa shape index (κ2) is 3.94. The molecule has 1 atom stereocenters. The molecule has 0 amide bonds. The normalized spacial score (nSPS) is 52.9. The second-order valence-electron chi connectivity index (χ2n) is 6.78.